The molecule has 0 saturated carbocycles. The molecule has 0 unspecified atom stereocenters. The Kier molecular flexibility index (Phi) is 5.16. The molecule has 2 aliphatic heterocycles. The Labute approximate surface area is 154 Å². The number of likely N-dealkylation sites (tertiary alicyclic amines) is 1. The van der Waals surface area contributed by atoms with E-state index >= 15 is 0 Å². The summed E-state index contributed by atoms with van der Waals surface area (Å²) in [7, 11) is 1.71. The number of nitrogens with zero attached hydrogens (tertiary/aromatic N) is 2. The van der Waals surface area contributed by atoms with Gasteiger partial charge in [-0.25, -0.2) is 4.79 Å². The summed E-state index contributed by atoms with van der Waals surface area (Å²) >= 11 is 6.15. The molecule has 3 rings (SSSR count). The van der Waals surface area contributed by atoms with Crippen LogP contribution in [0.1, 0.15) is 32.8 Å². The minimum absolute atomic E-state index is 0.0332. The molecule has 0 aromatic heterocycles. The van der Waals surface area contributed by atoms with Crippen molar-refractivity contribution in [1.82, 2.24) is 4.90 Å². The fraction of sp³-hybridized carbons (Fsp3) is 0.632. The molecule has 5 nitrogen and oxygen atoms in total. The van der Waals surface area contributed by atoms with E-state index in [0.29, 0.717) is 13.1 Å². The maximum absolute atomic E-state index is 12.5. The second-order valence-electron chi connectivity index (χ2n) is 7.80. The smallest absolute Gasteiger partial charge is 0.410 e. The monoisotopic (exact) mass is 366 g/mol. The van der Waals surface area contributed by atoms with E-state index in [0.717, 1.165) is 24.4 Å². The van der Waals surface area contributed by atoms with Crippen LogP contribution in [0.4, 0.5) is 10.5 Å². The largest absolute Gasteiger partial charge is 0.444 e. The van der Waals surface area contributed by atoms with E-state index in [1.54, 1.807) is 12.0 Å². The first-order valence-electron chi connectivity index (χ1n) is 8.84. The van der Waals surface area contributed by atoms with Crippen molar-refractivity contribution < 1.29 is 14.3 Å². The molecule has 2 atom stereocenters. The summed E-state index contributed by atoms with van der Waals surface area (Å²) in [5, 5.41) is 0.769. The minimum Gasteiger partial charge on any atom is -0.444 e. The number of rotatable bonds is 2. The number of halogens is 1. The predicted molar refractivity (Wildman–Crippen MR) is 99.5 cm³/mol. The van der Waals surface area contributed by atoms with Crippen molar-refractivity contribution in [2.24, 2.45) is 0 Å². The number of ether oxygens (including phenoxy) is 2. The second-order valence-corrected chi connectivity index (χ2v) is 8.23. The third-order valence-electron chi connectivity index (χ3n) is 4.79. The summed E-state index contributed by atoms with van der Waals surface area (Å²) in [5.41, 5.74) is 1.98. The normalized spacial score (nSPS) is 23.6. The molecular weight excluding hydrogens is 340 g/mol. The van der Waals surface area contributed by atoms with E-state index < -0.39 is 5.60 Å². The maximum Gasteiger partial charge on any atom is 0.410 e. The van der Waals surface area contributed by atoms with Crippen molar-refractivity contribution >= 4 is 23.4 Å². The molecule has 0 bridgehead atoms. The van der Waals surface area contributed by atoms with Gasteiger partial charge in [-0.05, 0) is 57.4 Å². The van der Waals surface area contributed by atoms with Gasteiger partial charge >= 0.3 is 6.09 Å². The average Bonchev–Trinajstić information content (AvgIpc) is 2.96. The fourth-order valence-corrected chi connectivity index (χ4v) is 3.90. The lowest BCUT2D eigenvalue weighted by Crippen LogP contribution is -2.46. The van der Waals surface area contributed by atoms with Crippen LogP contribution in [-0.4, -0.2) is 55.5 Å². The molecule has 0 radical (unpaired) electrons. The number of carbonyl (C=O) groups is 1. The van der Waals surface area contributed by atoms with Gasteiger partial charge in [0.05, 0.1) is 18.7 Å². The van der Waals surface area contributed by atoms with E-state index in [4.69, 9.17) is 21.1 Å². The Morgan fingerprint density at radius 3 is 2.72 bits per heavy atom. The Balaban J connectivity index is 1.80. The van der Waals surface area contributed by atoms with Crippen LogP contribution in [0.5, 0.6) is 0 Å². The van der Waals surface area contributed by atoms with Crippen molar-refractivity contribution in [2.75, 3.05) is 31.6 Å². The van der Waals surface area contributed by atoms with Crippen LogP contribution < -0.4 is 4.90 Å². The first-order chi connectivity index (χ1) is 11.8. The van der Waals surface area contributed by atoms with E-state index in [1.807, 2.05) is 32.9 Å². The van der Waals surface area contributed by atoms with Gasteiger partial charge < -0.3 is 19.3 Å². The van der Waals surface area contributed by atoms with Crippen molar-refractivity contribution in [1.29, 1.82) is 0 Å². The van der Waals surface area contributed by atoms with Gasteiger partial charge in [-0.3, -0.25) is 0 Å². The molecule has 1 aromatic rings. The van der Waals surface area contributed by atoms with Gasteiger partial charge in [0.15, 0.2) is 0 Å². The molecule has 2 heterocycles. The van der Waals surface area contributed by atoms with Crippen molar-refractivity contribution in [2.45, 2.75) is 51.4 Å². The van der Waals surface area contributed by atoms with E-state index in [1.165, 1.54) is 11.3 Å². The van der Waals surface area contributed by atoms with E-state index in [-0.39, 0.29) is 18.2 Å². The van der Waals surface area contributed by atoms with Crippen LogP contribution >= 0.6 is 11.6 Å². The van der Waals surface area contributed by atoms with Crippen molar-refractivity contribution in [3.63, 3.8) is 0 Å². The van der Waals surface area contributed by atoms with Gasteiger partial charge in [-0.2, -0.15) is 0 Å². The van der Waals surface area contributed by atoms with Crippen LogP contribution in [0.2, 0.25) is 5.02 Å². The van der Waals surface area contributed by atoms with Crippen LogP contribution in [0, 0.1) is 0 Å². The highest BCUT2D eigenvalue weighted by Crippen LogP contribution is 2.34. The number of carbonyl (C=O) groups excluding carboxylic acids is 1. The van der Waals surface area contributed by atoms with Crippen LogP contribution in [0.15, 0.2) is 18.2 Å². The van der Waals surface area contributed by atoms with Gasteiger partial charge in [0.2, 0.25) is 0 Å². The summed E-state index contributed by atoms with van der Waals surface area (Å²) in [4.78, 5) is 16.6. The molecule has 0 spiro atoms. The number of hydrogen-bond acceptors (Lipinski definition) is 4. The lowest BCUT2D eigenvalue weighted by atomic mass is 9.99. The topological polar surface area (TPSA) is 42.0 Å². The van der Waals surface area contributed by atoms with Crippen LogP contribution in [0.25, 0.3) is 0 Å². The van der Waals surface area contributed by atoms with E-state index in [2.05, 4.69) is 11.0 Å². The van der Waals surface area contributed by atoms with Gasteiger partial charge in [0.1, 0.15) is 5.60 Å². The molecular formula is C19H27ClN2O3. The van der Waals surface area contributed by atoms with Crippen LogP contribution in [0.3, 0.4) is 0 Å². The number of hydrogen-bond donors (Lipinski definition) is 0. The molecule has 138 valence electrons. The van der Waals surface area contributed by atoms with E-state index in [9.17, 15) is 4.79 Å². The molecule has 25 heavy (non-hydrogen) atoms. The predicted octanol–water partition coefficient (Wildman–Crippen LogP) is 3.73. The zero-order valence-electron chi connectivity index (χ0n) is 15.4. The third kappa shape index (κ3) is 4.04. The Morgan fingerprint density at radius 1 is 1.28 bits per heavy atom. The van der Waals surface area contributed by atoms with Gasteiger partial charge in [0.25, 0.3) is 0 Å². The van der Waals surface area contributed by atoms with Gasteiger partial charge in [0, 0.05) is 30.9 Å². The number of anilines is 1. The lowest BCUT2D eigenvalue weighted by Gasteiger charge is -2.38. The number of benzene rings is 1. The maximum atomic E-state index is 12.5. The lowest BCUT2D eigenvalue weighted by molar-refractivity contribution is 0.0252. The Morgan fingerprint density at radius 2 is 2.04 bits per heavy atom. The zero-order valence-corrected chi connectivity index (χ0v) is 16.2. The average molecular weight is 367 g/mol. The standard InChI is InChI=1S/C19H27ClN2O3/c1-19(2,3)25-18(23)21-11-16(17(12-21)24-4)22-9-5-6-13-10-14(20)7-8-15(13)22/h7-8,10,16-17H,5-6,9,11-12H2,1-4H3/t16-,17-/m1/s1. The number of amides is 1. The summed E-state index contributed by atoms with van der Waals surface area (Å²) in [6, 6.07) is 6.18. The van der Waals surface area contributed by atoms with Gasteiger partial charge in [-0.15, -0.1) is 0 Å². The summed E-state index contributed by atoms with van der Waals surface area (Å²) < 4.78 is 11.2. The number of fused-ring (bicyclic) bond motifs is 1. The molecule has 0 aliphatic carbocycles. The SMILES string of the molecule is CO[C@@H]1CN(C(=O)OC(C)(C)C)C[C@H]1N1CCCc2cc(Cl)ccc21. The number of methoxy groups -OCH3 is 1. The zero-order chi connectivity index (χ0) is 18.2. The molecule has 1 saturated heterocycles. The highest BCUT2D eigenvalue weighted by molar-refractivity contribution is 6.30. The molecule has 1 amide bonds. The molecule has 1 fully saturated rings. The molecule has 6 heteroatoms. The van der Waals surface area contributed by atoms with Gasteiger partial charge in [-0.1, -0.05) is 11.6 Å². The Bertz CT molecular complexity index is 644. The fourth-order valence-electron chi connectivity index (χ4n) is 3.70. The Hall–Kier alpha value is -1.46. The van der Waals surface area contributed by atoms with Crippen molar-refractivity contribution in [3.8, 4) is 0 Å². The summed E-state index contributed by atoms with van der Waals surface area (Å²) in [6.07, 6.45) is 1.80. The first kappa shape index (κ1) is 18.3. The first-order valence-corrected chi connectivity index (χ1v) is 9.22. The second kappa shape index (κ2) is 7.04. The minimum atomic E-state index is -0.494. The third-order valence-corrected chi connectivity index (χ3v) is 5.02. The summed E-state index contributed by atoms with van der Waals surface area (Å²) in [5.74, 6) is 0. The van der Waals surface area contributed by atoms with Crippen LogP contribution in [-0.2, 0) is 15.9 Å². The van der Waals surface area contributed by atoms with Crippen molar-refractivity contribution in [3.05, 3.63) is 28.8 Å². The highest BCUT2D eigenvalue weighted by Gasteiger charge is 2.41. The number of aryl methyl sites for hydroxylation is 1. The molecule has 2 aliphatic rings. The highest BCUT2D eigenvalue weighted by atomic mass is 35.5. The summed E-state index contributed by atoms with van der Waals surface area (Å²) in [6.45, 7) is 7.77. The quantitative estimate of drug-likeness (QED) is 0.799. The molecule has 1 aromatic carbocycles. The molecule has 0 N–H and O–H groups in total.